The monoisotopic (exact) mass is 248 g/mol. The highest BCUT2D eigenvalue weighted by Crippen LogP contribution is 2.15. The van der Waals surface area contributed by atoms with Crippen LogP contribution in [-0.2, 0) is 12.8 Å². The summed E-state index contributed by atoms with van der Waals surface area (Å²) in [5, 5.41) is 4.39. The normalized spacial score (nSPS) is 10.6. The Morgan fingerprint density at radius 3 is 2.61 bits per heavy atom. The van der Waals surface area contributed by atoms with Crippen molar-refractivity contribution in [1.29, 1.82) is 0 Å². The maximum absolute atomic E-state index is 5.64. The van der Waals surface area contributed by atoms with E-state index in [-0.39, 0.29) is 5.95 Å². The maximum Gasteiger partial charge on any atom is 0.225 e. The van der Waals surface area contributed by atoms with E-state index in [1.807, 2.05) is 13.8 Å². The van der Waals surface area contributed by atoms with E-state index in [0.29, 0.717) is 11.7 Å². The lowest BCUT2D eigenvalue weighted by molar-refractivity contribution is 0.397. The molecule has 0 fully saturated rings. The summed E-state index contributed by atoms with van der Waals surface area (Å²) in [5.74, 6) is 2.76. The Morgan fingerprint density at radius 2 is 2.00 bits per heavy atom. The van der Waals surface area contributed by atoms with Crippen molar-refractivity contribution < 1.29 is 4.74 Å². The zero-order chi connectivity index (χ0) is 13.1. The smallest absolute Gasteiger partial charge is 0.225 e. The van der Waals surface area contributed by atoms with Crippen LogP contribution >= 0.6 is 0 Å². The van der Waals surface area contributed by atoms with Gasteiger partial charge >= 0.3 is 0 Å². The highest BCUT2D eigenvalue weighted by Gasteiger charge is 2.12. The van der Waals surface area contributed by atoms with Gasteiger partial charge in [-0.15, -0.1) is 5.10 Å². The second-order valence-electron chi connectivity index (χ2n) is 3.69. The summed E-state index contributed by atoms with van der Waals surface area (Å²) in [5.41, 5.74) is 5.64. The first kappa shape index (κ1) is 12.3. The fourth-order valence-corrected chi connectivity index (χ4v) is 1.60. The van der Waals surface area contributed by atoms with Gasteiger partial charge in [0.25, 0.3) is 0 Å². The minimum atomic E-state index is 0.153. The van der Waals surface area contributed by atoms with Gasteiger partial charge in [-0.1, -0.05) is 13.8 Å². The Bertz CT molecular complexity index is 550. The predicted octanol–water partition coefficient (Wildman–Crippen LogP) is 0.773. The Kier molecular flexibility index (Phi) is 3.40. The second kappa shape index (κ2) is 4.99. The van der Waals surface area contributed by atoms with Gasteiger partial charge in [-0.3, -0.25) is 0 Å². The molecule has 0 aliphatic heterocycles. The number of rotatable bonds is 4. The van der Waals surface area contributed by atoms with Crippen molar-refractivity contribution in [3.05, 3.63) is 17.7 Å². The summed E-state index contributed by atoms with van der Waals surface area (Å²) in [6.07, 6.45) is 1.54. The van der Waals surface area contributed by atoms with Crippen LogP contribution in [0.4, 0.5) is 5.95 Å². The third-order valence-corrected chi connectivity index (χ3v) is 2.48. The molecule has 96 valence electrons. The van der Waals surface area contributed by atoms with E-state index in [1.54, 1.807) is 10.7 Å². The van der Waals surface area contributed by atoms with Gasteiger partial charge in [0.15, 0.2) is 11.6 Å². The lowest BCUT2D eigenvalue weighted by atomic mass is 10.4. The molecule has 7 heteroatoms. The van der Waals surface area contributed by atoms with Crippen molar-refractivity contribution in [3.8, 4) is 11.7 Å². The van der Waals surface area contributed by atoms with Gasteiger partial charge in [0.2, 0.25) is 11.8 Å². The largest absolute Gasteiger partial charge is 0.481 e. The molecule has 2 rings (SSSR count). The molecule has 0 atom stereocenters. The molecule has 2 heterocycles. The number of ether oxygens (including phenoxy) is 1. The average Bonchev–Trinajstić information content (AvgIpc) is 2.81. The van der Waals surface area contributed by atoms with Crippen molar-refractivity contribution in [2.45, 2.75) is 26.7 Å². The third kappa shape index (κ3) is 2.24. The zero-order valence-corrected chi connectivity index (χ0v) is 10.7. The van der Waals surface area contributed by atoms with Gasteiger partial charge in [-0.25, -0.2) is 4.98 Å². The van der Waals surface area contributed by atoms with Gasteiger partial charge in [-0.05, 0) is 0 Å². The van der Waals surface area contributed by atoms with E-state index in [2.05, 4.69) is 20.1 Å². The molecular formula is C11H16N6O. The van der Waals surface area contributed by atoms with Gasteiger partial charge < -0.3 is 10.5 Å². The summed E-state index contributed by atoms with van der Waals surface area (Å²) in [4.78, 5) is 12.5. The molecule has 2 aromatic rings. The fraction of sp³-hybridized carbons (Fsp3) is 0.455. The number of hydrogen-bond acceptors (Lipinski definition) is 6. The Hall–Kier alpha value is -2.18. The van der Waals surface area contributed by atoms with Crippen molar-refractivity contribution in [3.63, 3.8) is 0 Å². The van der Waals surface area contributed by atoms with Crippen LogP contribution < -0.4 is 10.5 Å². The molecule has 0 amide bonds. The van der Waals surface area contributed by atoms with Crippen LogP contribution in [-0.4, -0.2) is 31.8 Å². The topological polar surface area (TPSA) is 91.7 Å². The minimum Gasteiger partial charge on any atom is -0.481 e. The number of aryl methyl sites for hydroxylation is 2. The summed E-state index contributed by atoms with van der Waals surface area (Å²) >= 11 is 0. The van der Waals surface area contributed by atoms with Crippen molar-refractivity contribution in [2.75, 3.05) is 12.8 Å². The molecule has 2 N–H and O–H groups in total. The molecule has 0 aliphatic rings. The molecule has 0 bridgehead atoms. The number of hydrogen-bond donors (Lipinski definition) is 1. The molecule has 0 saturated carbocycles. The highest BCUT2D eigenvalue weighted by molar-refractivity contribution is 5.34. The van der Waals surface area contributed by atoms with Crippen LogP contribution in [0.5, 0.6) is 5.88 Å². The number of nitrogen functional groups attached to an aromatic ring is 1. The number of methoxy groups -OCH3 is 1. The summed E-state index contributed by atoms with van der Waals surface area (Å²) in [6, 6.07) is 1.68. The molecule has 0 unspecified atom stereocenters. The van der Waals surface area contributed by atoms with E-state index < -0.39 is 0 Å². The standard InChI is InChI=1S/C11H16N6O/c1-4-7-13-8(5-2)17(16-7)9-6-10(18-3)15-11(12)14-9/h6H,4-5H2,1-3H3,(H2,12,14,15). The van der Waals surface area contributed by atoms with E-state index in [9.17, 15) is 0 Å². The summed E-state index contributed by atoms with van der Waals surface area (Å²) < 4.78 is 6.75. The molecule has 0 spiro atoms. The van der Waals surface area contributed by atoms with Gasteiger partial charge in [0.1, 0.15) is 5.82 Å². The average molecular weight is 248 g/mol. The minimum absolute atomic E-state index is 0.153. The number of aromatic nitrogens is 5. The van der Waals surface area contributed by atoms with E-state index in [1.165, 1.54) is 7.11 Å². The van der Waals surface area contributed by atoms with Crippen LogP contribution in [0.1, 0.15) is 25.5 Å². The molecule has 7 nitrogen and oxygen atoms in total. The molecular weight excluding hydrogens is 232 g/mol. The fourth-order valence-electron chi connectivity index (χ4n) is 1.60. The number of anilines is 1. The predicted molar refractivity (Wildman–Crippen MR) is 66.7 cm³/mol. The SMILES string of the molecule is CCc1nc(CC)n(-c2cc(OC)nc(N)n2)n1. The molecule has 2 aromatic heterocycles. The van der Waals surface area contributed by atoms with Gasteiger partial charge in [-0.2, -0.15) is 14.6 Å². The van der Waals surface area contributed by atoms with Crippen LogP contribution in [0.3, 0.4) is 0 Å². The highest BCUT2D eigenvalue weighted by atomic mass is 16.5. The Balaban J connectivity index is 2.53. The zero-order valence-electron chi connectivity index (χ0n) is 10.7. The van der Waals surface area contributed by atoms with Gasteiger partial charge in [0.05, 0.1) is 7.11 Å². The second-order valence-corrected chi connectivity index (χ2v) is 3.69. The van der Waals surface area contributed by atoms with Crippen LogP contribution in [0.15, 0.2) is 6.07 Å². The number of nitrogens with zero attached hydrogens (tertiary/aromatic N) is 5. The molecule has 0 radical (unpaired) electrons. The van der Waals surface area contributed by atoms with Crippen LogP contribution in [0, 0.1) is 0 Å². The van der Waals surface area contributed by atoms with Crippen molar-refractivity contribution >= 4 is 5.95 Å². The van der Waals surface area contributed by atoms with Crippen molar-refractivity contribution in [1.82, 2.24) is 24.7 Å². The Morgan fingerprint density at radius 1 is 1.22 bits per heavy atom. The van der Waals surface area contributed by atoms with E-state index >= 15 is 0 Å². The molecule has 18 heavy (non-hydrogen) atoms. The first-order valence-corrected chi connectivity index (χ1v) is 5.81. The quantitative estimate of drug-likeness (QED) is 0.859. The van der Waals surface area contributed by atoms with Crippen molar-refractivity contribution in [2.24, 2.45) is 0 Å². The summed E-state index contributed by atoms with van der Waals surface area (Å²) in [7, 11) is 1.53. The molecule has 0 aliphatic carbocycles. The van der Waals surface area contributed by atoms with Crippen LogP contribution in [0.25, 0.3) is 5.82 Å². The Labute approximate surface area is 105 Å². The molecule has 0 saturated heterocycles. The lowest BCUT2D eigenvalue weighted by Crippen LogP contribution is -2.08. The molecule has 0 aromatic carbocycles. The first-order valence-electron chi connectivity index (χ1n) is 5.81. The van der Waals surface area contributed by atoms with Crippen LogP contribution in [0.2, 0.25) is 0 Å². The maximum atomic E-state index is 5.64. The van der Waals surface area contributed by atoms with Gasteiger partial charge in [0, 0.05) is 18.9 Å². The lowest BCUT2D eigenvalue weighted by Gasteiger charge is -2.06. The third-order valence-electron chi connectivity index (χ3n) is 2.48. The van der Waals surface area contributed by atoms with E-state index in [4.69, 9.17) is 10.5 Å². The number of nitrogens with two attached hydrogens (primary N) is 1. The first-order chi connectivity index (χ1) is 8.67. The summed E-state index contributed by atoms with van der Waals surface area (Å²) in [6.45, 7) is 4.02. The van der Waals surface area contributed by atoms with E-state index in [0.717, 1.165) is 24.5 Å².